The molecule has 1 aromatic carbocycles. The van der Waals surface area contributed by atoms with Gasteiger partial charge < -0.3 is 5.32 Å². The molecule has 19 heavy (non-hydrogen) atoms. The first-order valence-corrected chi connectivity index (χ1v) is 8.13. The number of likely N-dealkylation sites (N-methyl/N-ethyl adjacent to an activating group) is 1. The molecule has 2 heteroatoms. The number of rotatable bonds is 3. The molecule has 2 rings (SSSR count). The van der Waals surface area contributed by atoms with Crippen molar-refractivity contribution in [2.75, 3.05) is 7.05 Å². The fraction of sp³-hybridized carbons (Fsp3) is 0.529. The monoisotopic (exact) mass is 321 g/mol. The van der Waals surface area contributed by atoms with Crippen molar-refractivity contribution in [2.24, 2.45) is 0 Å². The molecule has 1 atom stereocenters. The normalized spacial score (nSPS) is 21.1. The first-order chi connectivity index (χ1) is 9.20. The number of allylic oxidation sites excluding steroid dienone is 1. The molecular weight excluding hydrogens is 298 g/mol. The first kappa shape index (κ1) is 14.8. The minimum atomic E-state index is 0.370. The van der Waals surface area contributed by atoms with E-state index in [1.165, 1.54) is 54.1 Å². The maximum atomic E-state index is 3.62. The summed E-state index contributed by atoms with van der Waals surface area (Å²) in [5.41, 5.74) is 4.26. The zero-order valence-electron chi connectivity index (χ0n) is 12.0. The molecule has 1 aliphatic rings. The number of aryl methyl sites for hydroxylation is 1. The smallest absolute Gasteiger partial charge is 0.0534 e. The standard InChI is InChI=1S/C17H24BrN/c1-13-10-15(12-16(18)11-13)17(19-2)14-8-6-4-3-5-7-9-14/h8,10-12,17,19H,3-7,9H2,1-2H3/b14-8+. The number of hydrogen-bond acceptors (Lipinski definition) is 1. The van der Waals surface area contributed by atoms with Gasteiger partial charge in [-0.25, -0.2) is 0 Å². The van der Waals surface area contributed by atoms with Crippen LogP contribution in [-0.4, -0.2) is 7.05 Å². The van der Waals surface area contributed by atoms with E-state index < -0.39 is 0 Å². The molecule has 1 aromatic rings. The van der Waals surface area contributed by atoms with Gasteiger partial charge in [0.1, 0.15) is 0 Å². The second-order valence-corrected chi connectivity index (χ2v) is 6.43. The molecule has 0 aromatic heterocycles. The summed E-state index contributed by atoms with van der Waals surface area (Å²) in [5.74, 6) is 0. The van der Waals surface area contributed by atoms with Gasteiger partial charge in [0.2, 0.25) is 0 Å². The Balaban J connectivity index is 2.26. The molecule has 0 aliphatic heterocycles. The lowest BCUT2D eigenvalue weighted by Crippen LogP contribution is -2.19. The van der Waals surface area contributed by atoms with Gasteiger partial charge in [-0.2, -0.15) is 0 Å². The van der Waals surface area contributed by atoms with E-state index in [1.54, 1.807) is 5.57 Å². The highest BCUT2D eigenvalue weighted by molar-refractivity contribution is 9.10. The molecule has 0 saturated heterocycles. The van der Waals surface area contributed by atoms with Crippen LogP contribution in [0.2, 0.25) is 0 Å². The van der Waals surface area contributed by atoms with Crippen LogP contribution in [0.1, 0.15) is 55.7 Å². The zero-order chi connectivity index (χ0) is 13.7. The van der Waals surface area contributed by atoms with Crippen molar-refractivity contribution in [3.63, 3.8) is 0 Å². The van der Waals surface area contributed by atoms with E-state index in [0.717, 1.165) is 0 Å². The Hall–Kier alpha value is -0.600. The molecule has 0 amide bonds. The van der Waals surface area contributed by atoms with E-state index >= 15 is 0 Å². The maximum Gasteiger partial charge on any atom is 0.0534 e. The second kappa shape index (κ2) is 7.25. The fourth-order valence-electron chi connectivity index (χ4n) is 2.98. The van der Waals surface area contributed by atoms with E-state index in [4.69, 9.17) is 0 Å². The third-order valence-electron chi connectivity index (χ3n) is 3.88. The third kappa shape index (κ3) is 4.19. The molecule has 1 aliphatic carbocycles. The lowest BCUT2D eigenvalue weighted by atomic mass is 9.90. The van der Waals surface area contributed by atoms with Crippen LogP contribution in [0.4, 0.5) is 0 Å². The van der Waals surface area contributed by atoms with Gasteiger partial charge in [0.25, 0.3) is 0 Å². The Bertz CT molecular complexity index is 430. The molecule has 104 valence electrons. The van der Waals surface area contributed by atoms with Crippen molar-refractivity contribution in [3.05, 3.63) is 45.4 Å². The minimum absolute atomic E-state index is 0.370. The van der Waals surface area contributed by atoms with Crippen LogP contribution in [-0.2, 0) is 0 Å². The predicted octanol–water partition coefficient (Wildman–Crippen LogP) is 5.30. The van der Waals surface area contributed by atoms with E-state index in [2.05, 4.69) is 59.5 Å². The summed E-state index contributed by atoms with van der Waals surface area (Å²) >= 11 is 3.62. The van der Waals surface area contributed by atoms with Crippen LogP contribution in [0.25, 0.3) is 0 Å². The van der Waals surface area contributed by atoms with Crippen molar-refractivity contribution in [1.29, 1.82) is 0 Å². The molecule has 0 saturated carbocycles. The lowest BCUT2D eigenvalue weighted by molar-refractivity contribution is 0.573. The maximum absolute atomic E-state index is 3.62. The summed E-state index contributed by atoms with van der Waals surface area (Å²) in [5, 5.41) is 3.50. The van der Waals surface area contributed by atoms with E-state index in [1.807, 2.05) is 0 Å². The zero-order valence-corrected chi connectivity index (χ0v) is 13.6. The van der Waals surface area contributed by atoms with Gasteiger partial charge >= 0.3 is 0 Å². The molecule has 0 heterocycles. The Morgan fingerprint density at radius 1 is 1.11 bits per heavy atom. The van der Waals surface area contributed by atoms with Crippen LogP contribution < -0.4 is 5.32 Å². The second-order valence-electron chi connectivity index (χ2n) is 5.52. The summed E-state index contributed by atoms with van der Waals surface area (Å²) < 4.78 is 1.18. The number of nitrogens with one attached hydrogen (secondary N) is 1. The number of benzene rings is 1. The summed E-state index contributed by atoms with van der Waals surface area (Å²) in [6.07, 6.45) is 10.4. The largest absolute Gasteiger partial charge is 0.310 e. The summed E-state index contributed by atoms with van der Waals surface area (Å²) in [7, 11) is 2.07. The molecule has 0 fully saturated rings. The molecule has 1 N–H and O–H groups in total. The van der Waals surface area contributed by atoms with Gasteiger partial charge in [-0.3, -0.25) is 0 Å². The summed E-state index contributed by atoms with van der Waals surface area (Å²) in [6.45, 7) is 2.16. The van der Waals surface area contributed by atoms with Gasteiger partial charge in [-0.15, -0.1) is 0 Å². The van der Waals surface area contributed by atoms with Gasteiger partial charge in [0.15, 0.2) is 0 Å². The highest BCUT2D eigenvalue weighted by Crippen LogP contribution is 2.30. The Labute approximate surface area is 125 Å². The van der Waals surface area contributed by atoms with Crippen molar-refractivity contribution >= 4 is 15.9 Å². The third-order valence-corrected chi connectivity index (χ3v) is 4.34. The molecule has 1 unspecified atom stereocenters. The van der Waals surface area contributed by atoms with Crippen LogP contribution in [0.3, 0.4) is 0 Å². The summed E-state index contributed by atoms with van der Waals surface area (Å²) in [6, 6.07) is 7.08. The Kier molecular flexibility index (Phi) is 5.65. The van der Waals surface area contributed by atoms with E-state index in [9.17, 15) is 0 Å². The van der Waals surface area contributed by atoms with E-state index in [-0.39, 0.29) is 0 Å². The molecular formula is C17H24BrN. The molecule has 1 nitrogen and oxygen atoms in total. The van der Waals surface area contributed by atoms with Crippen LogP contribution >= 0.6 is 15.9 Å². The molecule has 0 bridgehead atoms. The Morgan fingerprint density at radius 2 is 1.89 bits per heavy atom. The van der Waals surface area contributed by atoms with Crippen molar-refractivity contribution in [2.45, 2.75) is 51.5 Å². The lowest BCUT2D eigenvalue weighted by Gasteiger charge is -2.23. The number of halogens is 1. The minimum Gasteiger partial charge on any atom is -0.310 e. The van der Waals surface area contributed by atoms with Crippen LogP contribution in [0, 0.1) is 6.92 Å². The average molecular weight is 322 g/mol. The van der Waals surface area contributed by atoms with E-state index in [0.29, 0.717) is 6.04 Å². The highest BCUT2D eigenvalue weighted by atomic mass is 79.9. The van der Waals surface area contributed by atoms with Gasteiger partial charge in [-0.1, -0.05) is 46.5 Å². The van der Waals surface area contributed by atoms with Crippen molar-refractivity contribution in [1.82, 2.24) is 5.32 Å². The molecule has 0 spiro atoms. The quantitative estimate of drug-likeness (QED) is 0.745. The van der Waals surface area contributed by atoms with Crippen molar-refractivity contribution in [3.8, 4) is 0 Å². The topological polar surface area (TPSA) is 12.0 Å². The van der Waals surface area contributed by atoms with Gasteiger partial charge in [-0.05, 0) is 62.9 Å². The number of hydrogen-bond donors (Lipinski definition) is 1. The van der Waals surface area contributed by atoms with Gasteiger partial charge in [0, 0.05) is 4.47 Å². The van der Waals surface area contributed by atoms with Crippen LogP contribution in [0.5, 0.6) is 0 Å². The fourth-order valence-corrected chi connectivity index (χ4v) is 3.60. The van der Waals surface area contributed by atoms with Gasteiger partial charge in [0.05, 0.1) is 6.04 Å². The predicted molar refractivity (Wildman–Crippen MR) is 86.5 cm³/mol. The SMILES string of the molecule is CNC(/C1=C/CCCCCC1)c1cc(C)cc(Br)c1. The van der Waals surface area contributed by atoms with Crippen LogP contribution in [0.15, 0.2) is 34.3 Å². The Morgan fingerprint density at radius 3 is 2.63 bits per heavy atom. The highest BCUT2D eigenvalue weighted by Gasteiger charge is 2.16. The van der Waals surface area contributed by atoms with Crippen molar-refractivity contribution < 1.29 is 0 Å². The molecule has 0 radical (unpaired) electrons. The first-order valence-electron chi connectivity index (χ1n) is 7.34. The average Bonchev–Trinajstić information content (AvgIpc) is 2.31. The summed E-state index contributed by atoms with van der Waals surface area (Å²) in [4.78, 5) is 0.